The van der Waals surface area contributed by atoms with Crippen molar-refractivity contribution >= 4 is 48.8 Å². The summed E-state index contributed by atoms with van der Waals surface area (Å²) < 4.78 is 22.8. The molecule has 20 heavy (non-hydrogen) atoms. The molecule has 8 heteroatoms. The molecular formula is C12H14Cl3NO3S. The van der Waals surface area contributed by atoms with Crippen LogP contribution in [0, 0.1) is 0 Å². The number of carbonyl (C=O) groups is 1. The van der Waals surface area contributed by atoms with Gasteiger partial charge in [-0.25, -0.2) is 8.42 Å². The van der Waals surface area contributed by atoms with Crippen LogP contribution in [0.4, 0.5) is 0 Å². The van der Waals surface area contributed by atoms with E-state index in [0.717, 1.165) is 18.9 Å². The van der Waals surface area contributed by atoms with E-state index in [-0.39, 0.29) is 20.5 Å². The van der Waals surface area contributed by atoms with E-state index in [1.54, 1.807) is 7.05 Å². The zero-order chi connectivity index (χ0) is 15.5. The lowest BCUT2D eigenvalue weighted by Gasteiger charge is -2.18. The Balaban J connectivity index is 3.26. The van der Waals surface area contributed by atoms with Crippen LogP contribution >= 0.6 is 33.9 Å². The minimum atomic E-state index is -4.07. The average Bonchev–Trinajstić information content (AvgIpc) is 2.36. The van der Waals surface area contributed by atoms with E-state index in [2.05, 4.69) is 0 Å². The number of carbonyl (C=O) groups excluding carboxylic acids is 1. The number of hydrogen-bond acceptors (Lipinski definition) is 3. The molecule has 0 atom stereocenters. The van der Waals surface area contributed by atoms with Gasteiger partial charge < -0.3 is 4.90 Å². The monoisotopic (exact) mass is 357 g/mol. The van der Waals surface area contributed by atoms with Gasteiger partial charge in [0.05, 0.1) is 10.6 Å². The minimum absolute atomic E-state index is 0.0250. The van der Waals surface area contributed by atoms with Crippen molar-refractivity contribution in [2.24, 2.45) is 0 Å². The highest BCUT2D eigenvalue weighted by molar-refractivity contribution is 8.13. The van der Waals surface area contributed by atoms with E-state index in [4.69, 9.17) is 33.9 Å². The van der Waals surface area contributed by atoms with Crippen LogP contribution in [0.5, 0.6) is 0 Å². The van der Waals surface area contributed by atoms with Gasteiger partial charge in [0, 0.05) is 29.3 Å². The number of rotatable bonds is 5. The van der Waals surface area contributed by atoms with Gasteiger partial charge in [0.15, 0.2) is 0 Å². The Kier molecular flexibility index (Phi) is 6.13. The maximum atomic E-state index is 12.2. The molecule has 0 aliphatic carbocycles. The van der Waals surface area contributed by atoms with Crippen molar-refractivity contribution in [2.75, 3.05) is 13.6 Å². The second-order valence-electron chi connectivity index (χ2n) is 4.28. The Bertz CT molecular complexity index is 617. The lowest BCUT2D eigenvalue weighted by atomic mass is 10.2. The van der Waals surface area contributed by atoms with Gasteiger partial charge in [0.25, 0.3) is 15.0 Å². The smallest absolute Gasteiger partial charge is 0.262 e. The fourth-order valence-corrected chi connectivity index (χ4v) is 3.45. The fraction of sp³-hybridized carbons (Fsp3) is 0.417. The Morgan fingerprint density at radius 3 is 2.40 bits per heavy atom. The summed E-state index contributed by atoms with van der Waals surface area (Å²) in [6, 6.07) is 2.45. The van der Waals surface area contributed by atoms with Crippen LogP contribution in [0.2, 0.25) is 10.0 Å². The van der Waals surface area contributed by atoms with Gasteiger partial charge in [0.1, 0.15) is 4.90 Å². The fourth-order valence-electron chi connectivity index (χ4n) is 1.60. The van der Waals surface area contributed by atoms with Crippen LogP contribution in [-0.2, 0) is 9.05 Å². The topological polar surface area (TPSA) is 54.5 Å². The molecule has 0 spiro atoms. The normalized spacial score (nSPS) is 11.4. The molecule has 0 saturated carbocycles. The summed E-state index contributed by atoms with van der Waals surface area (Å²) in [5.41, 5.74) is 0.0250. The predicted octanol–water partition coefficient (Wildman–Crippen LogP) is 3.79. The first kappa shape index (κ1) is 17.6. The second-order valence-corrected chi connectivity index (χ2v) is 7.63. The zero-order valence-corrected chi connectivity index (χ0v) is 14.1. The summed E-state index contributed by atoms with van der Waals surface area (Å²) >= 11 is 11.8. The summed E-state index contributed by atoms with van der Waals surface area (Å²) in [7, 11) is 2.83. The van der Waals surface area contributed by atoms with Crippen LogP contribution < -0.4 is 0 Å². The highest BCUT2D eigenvalue weighted by atomic mass is 35.7. The number of halogens is 3. The summed E-state index contributed by atoms with van der Waals surface area (Å²) in [5.74, 6) is -0.396. The first-order valence-corrected chi connectivity index (χ1v) is 8.94. The molecule has 0 bridgehead atoms. The second kappa shape index (κ2) is 6.98. The van der Waals surface area contributed by atoms with Gasteiger partial charge in [-0.2, -0.15) is 0 Å². The van der Waals surface area contributed by atoms with E-state index in [0.29, 0.717) is 6.54 Å². The van der Waals surface area contributed by atoms with Crippen molar-refractivity contribution < 1.29 is 13.2 Å². The van der Waals surface area contributed by atoms with E-state index in [1.807, 2.05) is 6.92 Å². The molecule has 0 fully saturated rings. The van der Waals surface area contributed by atoms with Crippen molar-refractivity contribution in [2.45, 2.75) is 24.7 Å². The summed E-state index contributed by atoms with van der Waals surface area (Å²) in [4.78, 5) is 13.4. The van der Waals surface area contributed by atoms with Gasteiger partial charge in [-0.3, -0.25) is 4.79 Å². The molecule has 0 aromatic heterocycles. The predicted molar refractivity (Wildman–Crippen MR) is 81.4 cm³/mol. The number of benzene rings is 1. The summed E-state index contributed by atoms with van der Waals surface area (Å²) in [6.07, 6.45) is 1.77. The van der Waals surface area contributed by atoms with E-state index in [1.165, 1.54) is 11.0 Å². The molecule has 1 aromatic rings. The molecule has 1 rings (SSSR count). The third kappa shape index (κ3) is 4.25. The van der Waals surface area contributed by atoms with Crippen molar-refractivity contribution in [3.05, 3.63) is 27.7 Å². The highest BCUT2D eigenvalue weighted by Gasteiger charge is 2.23. The lowest BCUT2D eigenvalue weighted by molar-refractivity contribution is 0.0793. The molecule has 0 aliphatic heterocycles. The molecule has 112 valence electrons. The molecule has 0 aliphatic rings. The van der Waals surface area contributed by atoms with Crippen LogP contribution in [0.25, 0.3) is 0 Å². The van der Waals surface area contributed by atoms with Crippen LogP contribution in [0.1, 0.15) is 30.1 Å². The lowest BCUT2D eigenvalue weighted by Crippen LogP contribution is -2.28. The van der Waals surface area contributed by atoms with E-state index >= 15 is 0 Å². The molecule has 0 radical (unpaired) electrons. The van der Waals surface area contributed by atoms with Crippen molar-refractivity contribution in [1.82, 2.24) is 4.90 Å². The molecule has 0 saturated heterocycles. The van der Waals surface area contributed by atoms with Crippen molar-refractivity contribution in [1.29, 1.82) is 0 Å². The molecule has 0 heterocycles. The van der Waals surface area contributed by atoms with E-state index in [9.17, 15) is 13.2 Å². The first-order valence-electron chi connectivity index (χ1n) is 5.87. The Morgan fingerprint density at radius 1 is 1.30 bits per heavy atom. The van der Waals surface area contributed by atoms with Gasteiger partial charge in [0.2, 0.25) is 0 Å². The molecule has 0 N–H and O–H groups in total. The Morgan fingerprint density at radius 2 is 1.90 bits per heavy atom. The molecule has 1 aromatic carbocycles. The maximum Gasteiger partial charge on any atom is 0.262 e. The van der Waals surface area contributed by atoms with Gasteiger partial charge in [-0.1, -0.05) is 36.5 Å². The number of unbranched alkanes of at least 4 members (excludes halogenated alkanes) is 1. The SMILES string of the molecule is CCCCN(C)C(=O)c1cc(Cl)cc(S(=O)(=O)Cl)c1Cl. The third-order valence-electron chi connectivity index (χ3n) is 2.69. The van der Waals surface area contributed by atoms with Crippen molar-refractivity contribution in [3.8, 4) is 0 Å². The van der Waals surface area contributed by atoms with Crippen LogP contribution in [-0.4, -0.2) is 32.8 Å². The van der Waals surface area contributed by atoms with Crippen molar-refractivity contribution in [3.63, 3.8) is 0 Å². The van der Waals surface area contributed by atoms with Gasteiger partial charge >= 0.3 is 0 Å². The molecule has 1 amide bonds. The number of amides is 1. The largest absolute Gasteiger partial charge is 0.342 e. The Hall–Kier alpha value is -0.490. The maximum absolute atomic E-state index is 12.2. The quantitative estimate of drug-likeness (QED) is 0.752. The summed E-state index contributed by atoms with van der Waals surface area (Å²) in [6.45, 7) is 2.55. The highest BCUT2D eigenvalue weighted by Crippen LogP contribution is 2.32. The minimum Gasteiger partial charge on any atom is -0.342 e. The average molecular weight is 359 g/mol. The van der Waals surface area contributed by atoms with Gasteiger partial charge in [-0.05, 0) is 18.6 Å². The first-order chi connectivity index (χ1) is 9.18. The molecule has 4 nitrogen and oxygen atoms in total. The van der Waals surface area contributed by atoms with Gasteiger partial charge in [-0.15, -0.1) is 0 Å². The molecule has 0 unspecified atom stereocenters. The third-order valence-corrected chi connectivity index (χ3v) is 4.77. The summed E-state index contributed by atoms with van der Waals surface area (Å²) in [5, 5.41) is -0.126. The van der Waals surface area contributed by atoms with E-state index < -0.39 is 15.0 Å². The Labute approximate surface area is 133 Å². The van der Waals surface area contributed by atoms with Crippen LogP contribution in [0.15, 0.2) is 17.0 Å². The number of hydrogen-bond donors (Lipinski definition) is 0. The molecular weight excluding hydrogens is 345 g/mol. The zero-order valence-electron chi connectivity index (χ0n) is 11.0. The standard InChI is InChI=1S/C12H14Cl3NO3S/c1-3-4-5-16(2)12(17)9-6-8(13)7-10(11(9)14)20(15,18)19/h6-7H,3-5H2,1-2H3. The number of nitrogens with zero attached hydrogens (tertiary/aromatic N) is 1. The van der Waals surface area contributed by atoms with Crippen LogP contribution in [0.3, 0.4) is 0 Å².